The van der Waals surface area contributed by atoms with Gasteiger partial charge in [0.1, 0.15) is 5.15 Å². The first-order valence-corrected chi connectivity index (χ1v) is 9.46. The Morgan fingerprint density at radius 1 is 1.22 bits per heavy atom. The van der Waals surface area contributed by atoms with Gasteiger partial charge in [-0.1, -0.05) is 17.7 Å². The van der Waals surface area contributed by atoms with E-state index in [2.05, 4.69) is 26.6 Å². The quantitative estimate of drug-likeness (QED) is 0.745. The van der Waals surface area contributed by atoms with Gasteiger partial charge in [-0.05, 0) is 50.1 Å². The average Bonchev–Trinajstić information content (AvgIpc) is 3.17. The number of nitrogens with one attached hydrogen (secondary N) is 2. The SMILES string of the molecule is C[C@H](CC(=O)Nc1cccc(N2CCCC2)c1)NC(=O)c1ccc(Cl)nc1. The molecule has 0 unspecified atom stereocenters. The van der Waals surface area contributed by atoms with Gasteiger partial charge in [0.25, 0.3) is 5.91 Å². The zero-order chi connectivity index (χ0) is 19.2. The number of carbonyl (C=O) groups excluding carboxylic acids is 2. The van der Waals surface area contributed by atoms with Gasteiger partial charge in [-0.15, -0.1) is 0 Å². The number of halogens is 1. The Hall–Kier alpha value is -2.60. The van der Waals surface area contributed by atoms with Crippen molar-refractivity contribution in [3.63, 3.8) is 0 Å². The van der Waals surface area contributed by atoms with Crippen molar-refractivity contribution in [3.8, 4) is 0 Å². The molecule has 0 saturated carbocycles. The molecule has 2 heterocycles. The Morgan fingerprint density at radius 3 is 2.70 bits per heavy atom. The number of amides is 2. The lowest BCUT2D eigenvalue weighted by atomic mass is 10.2. The Bertz CT molecular complexity index is 804. The highest BCUT2D eigenvalue weighted by Crippen LogP contribution is 2.23. The van der Waals surface area contributed by atoms with Gasteiger partial charge in [-0.2, -0.15) is 0 Å². The summed E-state index contributed by atoms with van der Waals surface area (Å²) in [6, 6.07) is 10.7. The summed E-state index contributed by atoms with van der Waals surface area (Å²) in [4.78, 5) is 30.7. The summed E-state index contributed by atoms with van der Waals surface area (Å²) < 4.78 is 0. The molecular formula is C20H23ClN4O2. The normalized spacial score (nSPS) is 14.7. The minimum atomic E-state index is -0.310. The zero-order valence-corrected chi connectivity index (χ0v) is 16.0. The van der Waals surface area contributed by atoms with Crippen LogP contribution < -0.4 is 15.5 Å². The van der Waals surface area contributed by atoms with Crippen LogP contribution in [0.4, 0.5) is 11.4 Å². The van der Waals surface area contributed by atoms with Gasteiger partial charge in [0.05, 0.1) is 5.56 Å². The smallest absolute Gasteiger partial charge is 0.253 e. The molecule has 0 aliphatic carbocycles. The average molecular weight is 387 g/mol. The predicted octanol–water partition coefficient (Wildman–Crippen LogP) is 3.48. The maximum atomic E-state index is 12.3. The lowest BCUT2D eigenvalue weighted by molar-refractivity contribution is -0.116. The van der Waals surface area contributed by atoms with E-state index in [1.165, 1.54) is 19.0 Å². The summed E-state index contributed by atoms with van der Waals surface area (Å²) in [5.41, 5.74) is 2.30. The monoisotopic (exact) mass is 386 g/mol. The second-order valence-electron chi connectivity index (χ2n) is 6.74. The molecule has 1 atom stereocenters. The molecule has 27 heavy (non-hydrogen) atoms. The summed E-state index contributed by atoms with van der Waals surface area (Å²) in [7, 11) is 0. The maximum absolute atomic E-state index is 12.3. The van der Waals surface area contributed by atoms with Crippen molar-refractivity contribution in [1.29, 1.82) is 0 Å². The number of hydrogen-bond acceptors (Lipinski definition) is 4. The van der Waals surface area contributed by atoms with Crippen LogP contribution in [0.5, 0.6) is 0 Å². The van der Waals surface area contributed by atoms with E-state index in [1.54, 1.807) is 19.1 Å². The third-order valence-electron chi connectivity index (χ3n) is 4.46. The van der Waals surface area contributed by atoms with Crippen molar-refractivity contribution >= 4 is 34.8 Å². The maximum Gasteiger partial charge on any atom is 0.253 e. The van der Waals surface area contributed by atoms with E-state index >= 15 is 0 Å². The number of carbonyl (C=O) groups is 2. The minimum Gasteiger partial charge on any atom is -0.371 e. The number of anilines is 2. The van der Waals surface area contributed by atoms with Crippen LogP contribution in [0.3, 0.4) is 0 Å². The van der Waals surface area contributed by atoms with Crippen molar-refractivity contribution in [1.82, 2.24) is 10.3 Å². The molecule has 0 bridgehead atoms. The summed E-state index contributed by atoms with van der Waals surface area (Å²) in [5.74, 6) is -0.425. The second-order valence-corrected chi connectivity index (χ2v) is 7.13. The van der Waals surface area contributed by atoms with E-state index < -0.39 is 0 Å². The number of benzene rings is 1. The van der Waals surface area contributed by atoms with Crippen molar-refractivity contribution < 1.29 is 9.59 Å². The van der Waals surface area contributed by atoms with Gasteiger partial charge in [-0.3, -0.25) is 9.59 Å². The Kier molecular flexibility index (Phi) is 6.29. The number of rotatable bonds is 6. The molecule has 1 aliphatic heterocycles. The summed E-state index contributed by atoms with van der Waals surface area (Å²) in [6.07, 6.45) is 4.00. The number of aromatic nitrogens is 1. The molecule has 1 saturated heterocycles. The van der Waals surface area contributed by atoms with Crippen LogP contribution in [-0.4, -0.2) is 35.9 Å². The van der Waals surface area contributed by atoms with E-state index in [0.29, 0.717) is 10.7 Å². The Morgan fingerprint density at radius 2 is 2.00 bits per heavy atom. The van der Waals surface area contributed by atoms with E-state index in [-0.39, 0.29) is 24.3 Å². The van der Waals surface area contributed by atoms with E-state index in [9.17, 15) is 9.59 Å². The Labute approximate surface area is 163 Å². The van der Waals surface area contributed by atoms with Gasteiger partial charge in [0.2, 0.25) is 5.91 Å². The van der Waals surface area contributed by atoms with Crippen molar-refractivity contribution in [3.05, 3.63) is 53.3 Å². The first-order valence-electron chi connectivity index (χ1n) is 9.08. The first-order chi connectivity index (χ1) is 13.0. The molecule has 1 aliphatic rings. The zero-order valence-electron chi connectivity index (χ0n) is 15.2. The molecule has 2 amide bonds. The summed E-state index contributed by atoms with van der Waals surface area (Å²) in [5, 5.41) is 6.04. The highest BCUT2D eigenvalue weighted by molar-refractivity contribution is 6.29. The molecule has 1 fully saturated rings. The molecule has 1 aromatic heterocycles. The molecule has 6 nitrogen and oxygen atoms in total. The van der Waals surface area contributed by atoms with Crippen molar-refractivity contribution in [2.75, 3.05) is 23.3 Å². The fraction of sp³-hybridized carbons (Fsp3) is 0.350. The van der Waals surface area contributed by atoms with Gasteiger partial charge < -0.3 is 15.5 Å². The highest BCUT2D eigenvalue weighted by Gasteiger charge is 2.15. The predicted molar refractivity (Wildman–Crippen MR) is 107 cm³/mol. The number of nitrogens with zero attached hydrogens (tertiary/aromatic N) is 2. The largest absolute Gasteiger partial charge is 0.371 e. The molecule has 2 N–H and O–H groups in total. The van der Waals surface area contributed by atoms with Crippen LogP contribution in [-0.2, 0) is 4.79 Å². The Balaban J connectivity index is 1.52. The number of hydrogen-bond donors (Lipinski definition) is 2. The van der Waals surface area contributed by atoms with Gasteiger partial charge >= 0.3 is 0 Å². The molecule has 2 aromatic rings. The molecule has 1 aromatic carbocycles. The minimum absolute atomic E-state index is 0.143. The van der Waals surface area contributed by atoms with Crippen molar-refractivity contribution in [2.45, 2.75) is 32.2 Å². The molecule has 3 rings (SSSR count). The highest BCUT2D eigenvalue weighted by atomic mass is 35.5. The lowest BCUT2D eigenvalue weighted by Crippen LogP contribution is -2.35. The first kappa shape index (κ1) is 19.2. The van der Waals surface area contributed by atoms with E-state index in [1.807, 2.05) is 18.2 Å². The number of pyridine rings is 1. The van der Waals surface area contributed by atoms with Crippen molar-refractivity contribution in [2.24, 2.45) is 0 Å². The van der Waals surface area contributed by atoms with E-state index in [0.717, 1.165) is 24.5 Å². The lowest BCUT2D eigenvalue weighted by Gasteiger charge is -2.19. The summed E-state index contributed by atoms with van der Waals surface area (Å²) >= 11 is 5.72. The van der Waals surface area contributed by atoms with Gasteiger partial charge in [-0.25, -0.2) is 4.98 Å². The topological polar surface area (TPSA) is 74.3 Å². The molecule has 142 valence electrons. The van der Waals surface area contributed by atoms with E-state index in [4.69, 9.17) is 11.6 Å². The van der Waals surface area contributed by atoms with Crippen LogP contribution >= 0.6 is 11.6 Å². The molecule has 7 heteroatoms. The van der Waals surface area contributed by atoms with Gasteiger partial charge in [0, 0.05) is 43.1 Å². The van der Waals surface area contributed by atoms with Crippen LogP contribution in [0.15, 0.2) is 42.6 Å². The van der Waals surface area contributed by atoms with Crippen LogP contribution in [0.25, 0.3) is 0 Å². The molecule has 0 radical (unpaired) electrons. The second kappa shape index (κ2) is 8.86. The fourth-order valence-electron chi connectivity index (χ4n) is 3.11. The van der Waals surface area contributed by atoms with Crippen LogP contribution in [0, 0.1) is 0 Å². The molecule has 0 spiro atoms. The van der Waals surface area contributed by atoms with Crippen LogP contribution in [0.2, 0.25) is 5.15 Å². The van der Waals surface area contributed by atoms with Gasteiger partial charge in [0.15, 0.2) is 0 Å². The molecular weight excluding hydrogens is 364 g/mol. The third kappa shape index (κ3) is 5.44. The third-order valence-corrected chi connectivity index (χ3v) is 4.68. The van der Waals surface area contributed by atoms with Crippen LogP contribution in [0.1, 0.15) is 36.5 Å². The fourth-order valence-corrected chi connectivity index (χ4v) is 3.23. The standard InChI is InChI=1S/C20H23ClN4O2/c1-14(23-20(27)15-7-8-18(21)22-13-15)11-19(26)24-16-5-4-6-17(12-16)25-9-2-3-10-25/h4-8,12-14H,2-3,9-11H2,1H3,(H,23,27)(H,24,26)/t14-/m1/s1. The summed E-state index contributed by atoms with van der Waals surface area (Å²) in [6.45, 7) is 3.90.